The van der Waals surface area contributed by atoms with Gasteiger partial charge in [-0.15, -0.1) is 0 Å². The van der Waals surface area contributed by atoms with Crippen molar-refractivity contribution in [3.05, 3.63) is 48.5 Å². The maximum atomic E-state index is 13.6. The van der Waals surface area contributed by atoms with Crippen molar-refractivity contribution in [3.63, 3.8) is 0 Å². The first-order valence-electron chi connectivity index (χ1n) is 12.3. The van der Waals surface area contributed by atoms with Crippen molar-refractivity contribution in [1.29, 1.82) is 0 Å². The molecule has 1 aromatic rings. The van der Waals surface area contributed by atoms with Crippen LogP contribution in [-0.4, -0.2) is 74.4 Å². The van der Waals surface area contributed by atoms with Gasteiger partial charge in [0.1, 0.15) is 24.5 Å². The Kier molecular flexibility index (Phi) is 8.67. The van der Waals surface area contributed by atoms with Crippen LogP contribution in [0, 0.1) is 0 Å². The second-order valence-corrected chi connectivity index (χ2v) is 13.1. The number of methoxy groups -OCH3 is 4. The number of primary amides is 1. The van der Waals surface area contributed by atoms with Gasteiger partial charge in [0.25, 0.3) is 5.91 Å². The molecule has 3 aliphatic heterocycles. The molecule has 0 radical (unpaired) electrons. The fourth-order valence-corrected chi connectivity index (χ4v) is 9.77. The molecular formula is C27H28N2O10S3. The zero-order valence-electron chi connectivity index (χ0n) is 23.7. The van der Waals surface area contributed by atoms with Crippen molar-refractivity contribution < 1.29 is 47.7 Å². The molecule has 3 heterocycles. The summed E-state index contributed by atoms with van der Waals surface area (Å²) in [7, 11) is 4.61. The normalized spacial score (nSPS) is 18.1. The van der Waals surface area contributed by atoms with E-state index in [9.17, 15) is 24.0 Å². The number of hydrogen-bond donors (Lipinski definition) is 2. The van der Waals surface area contributed by atoms with Gasteiger partial charge in [-0.3, -0.25) is 4.79 Å². The predicted molar refractivity (Wildman–Crippen MR) is 158 cm³/mol. The van der Waals surface area contributed by atoms with Crippen LogP contribution in [0.1, 0.15) is 36.7 Å². The van der Waals surface area contributed by atoms with E-state index in [-0.39, 0.29) is 32.5 Å². The minimum atomic E-state index is -1.70. The first-order chi connectivity index (χ1) is 19.8. The van der Waals surface area contributed by atoms with E-state index in [0.29, 0.717) is 27.5 Å². The number of ether oxygens (including phenoxy) is 5. The molecule has 15 heteroatoms. The second kappa shape index (κ2) is 11.6. The molecule has 1 amide bonds. The molecule has 1 aromatic carbocycles. The smallest absolute Gasteiger partial charge is 0.345 e. The molecule has 3 N–H and O–H groups in total. The number of nitrogens with one attached hydrogen (secondary N) is 1. The molecule has 4 rings (SSSR count). The summed E-state index contributed by atoms with van der Waals surface area (Å²) in [5.74, 6) is -3.89. The average molecular weight is 637 g/mol. The summed E-state index contributed by atoms with van der Waals surface area (Å²) in [5.41, 5.74) is 5.92. The van der Waals surface area contributed by atoms with Gasteiger partial charge in [-0.25, -0.2) is 19.2 Å². The predicted octanol–water partition coefficient (Wildman–Crippen LogP) is 3.18. The van der Waals surface area contributed by atoms with E-state index in [1.54, 1.807) is 13.0 Å². The fourth-order valence-electron chi connectivity index (χ4n) is 4.75. The first kappa shape index (κ1) is 31.4. The van der Waals surface area contributed by atoms with Crippen LogP contribution in [-0.2, 0) is 38.1 Å². The maximum Gasteiger partial charge on any atom is 0.345 e. The molecule has 0 aliphatic carbocycles. The van der Waals surface area contributed by atoms with E-state index in [1.165, 1.54) is 13.2 Å². The van der Waals surface area contributed by atoms with Crippen molar-refractivity contribution in [1.82, 2.24) is 0 Å². The topological polar surface area (TPSA) is 170 Å². The van der Waals surface area contributed by atoms with Gasteiger partial charge in [0.05, 0.1) is 57.4 Å². The summed E-state index contributed by atoms with van der Waals surface area (Å²) >= 11 is 2.64. The summed E-state index contributed by atoms with van der Waals surface area (Å²) in [4.78, 5) is 65.8. The van der Waals surface area contributed by atoms with Crippen LogP contribution < -0.4 is 15.8 Å². The maximum absolute atomic E-state index is 13.6. The Hall–Kier alpha value is -3.56. The molecule has 12 nitrogen and oxygen atoms in total. The Bertz CT molecular complexity index is 1500. The van der Waals surface area contributed by atoms with Gasteiger partial charge >= 0.3 is 23.9 Å². The highest BCUT2D eigenvalue weighted by atomic mass is 32.2. The lowest BCUT2D eigenvalue weighted by Gasteiger charge is -2.46. The minimum absolute atomic E-state index is 0.104. The third kappa shape index (κ3) is 4.92. The van der Waals surface area contributed by atoms with Crippen LogP contribution >= 0.6 is 35.3 Å². The number of carbonyl (C=O) groups is 5. The number of nitrogens with two attached hydrogens (primary N) is 1. The van der Waals surface area contributed by atoms with Crippen LogP contribution in [0.15, 0.2) is 37.3 Å². The lowest BCUT2D eigenvalue weighted by atomic mass is 9.83. The van der Waals surface area contributed by atoms with E-state index < -0.39 is 39.4 Å². The summed E-state index contributed by atoms with van der Waals surface area (Å²) in [6.07, 6.45) is 0. The van der Waals surface area contributed by atoms with Gasteiger partial charge in [0.2, 0.25) is 0 Å². The minimum Gasteiger partial charge on any atom is -0.494 e. The van der Waals surface area contributed by atoms with E-state index >= 15 is 0 Å². The molecule has 0 fully saturated rings. The standard InChI is InChI=1S/C27H28N2O10S3/c1-8-39-11-9-12-14-20(26(2,3)29-16(12)13(10-11)21(28)30)40-17(23(32)36-5)15(22(31)35-4)27(14)41-18(24(33)37-6)19(42-27)25(34)38-7/h9-10,29H,8H2,1-7H3,(H2,28,30). The number of hydrogen-bond acceptors (Lipinski definition) is 14. The fraction of sp³-hybridized carbons (Fsp3) is 0.370. The number of esters is 4. The van der Waals surface area contributed by atoms with Crippen LogP contribution in [0.5, 0.6) is 5.75 Å². The van der Waals surface area contributed by atoms with Crippen LogP contribution in [0.2, 0.25) is 0 Å². The zero-order valence-corrected chi connectivity index (χ0v) is 26.2. The van der Waals surface area contributed by atoms with Crippen LogP contribution in [0.3, 0.4) is 0 Å². The van der Waals surface area contributed by atoms with Gasteiger partial charge in [-0.2, -0.15) is 0 Å². The lowest BCUT2D eigenvalue weighted by molar-refractivity contribution is -0.138. The molecule has 0 saturated carbocycles. The molecule has 3 aliphatic rings. The Labute approximate surface area is 254 Å². The number of benzene rings is 1. The highest BCUT2D eigenvalue weighted by Gasteiger charge is 2.60. The molecule has 0 unspecified atom stereocenters. The first-order valence-corrected chi connectivity index (χ1v) is 14.8. The van der Waals surface area contributed by atoms with Crippen molar-refractivity contribution in [2.75, 3.05) is 40.4 Å². The SMILES string of the molecule is CCOc1cc(C(N)=O)c2c(c1)C1=C(SC(C(=O)OC)=C(C(=O)OC)C13SC(C(=O)OC)=C(C(=O)OC)S3)C(C)(C)N2. The average Bonchev–Trinajstić information content (AvgIpc) is 3.35. The van der Waals surface area contributed by atoms with Gasteiger partial charge in [-0.1, -0.05) is 35.3 Å². The van der Waals surface area contributed by atoms with E-state index in [4.69, 9.17) is 29.4 Å². The summed E-state index contributed by atoms with van der Waals surface area (Å²) < 4.78 is 24.2. The third-order valence-corrected chi connectivity index (χ3v) is 11.1. The van der Waals surface area contributed by atoms with Gasteiger partial charge in [-0.05, 0) is 32.9 Å². The van der Waals surface area contributed by atoms with Gasteiger partial charge in [0.15, 0.2) is 0 Å². The Morgan fingerprint density at radius 2 is 1.36 bits per heavy atom. The molecule has 1 spiro atoms. The number of amides is 1. The Balaban J connectivity index is 2.19. The molecule has 0 aromatic heterocycles. The van der Waals surface area contributed by atoms with Crippen LogP contribution in [0.25, 0.3) is 5.57 Å². The molecule has 0 atom stereocenters. The van der Waals surface area contributed by atoms with Crippen LogP contribution in [0.4, 0.5) is 5.69 Å². The number of rotatable bonds is 7. The number of thioether (sulfide) groups is 3. The van der Waals surface area contributed by atoms with Crippen molar-refractivity contribution in [3.8, 4) is 5.75 Å². The van der Waals surface area contributed by atoms with E-state index in [2.05, 4.69) is 5.32 Å². The zero-order chi connectivity index (χ0) is 31.1. The Morgan fingerprint density at radius 1 is 0.833 bits per heavy atom. The monoisotopic (exact) mass is 636 g/mol. The molecular weight excluding hydrogens is 609 g/mol. The molecule has 224 valence electrons. The molecule has 42 heavy (non-hydrogen) atoms. The third-order valence-electron chi connectivity index (χ3n) is 6.48. The quantitative estimate of drug-likeness (QED) is 0.330. The summed E-state index contributed by atoms with van der Waals surface area (Å²) in [6, 6.07) is 3.17. The number of fused-ring (bicyclic) bond motifs is 3. The molecule has 0 saturated heterocycles. The highest BCUT2D eigenvalue weighted by molar-refractivity contribution is 8.26. The summed E-state index contributed by atoms with van der Waals surface area (Å²) in [5, 5.41) is 3.35. The second-order valence-electron chi connectivity index (χ2n) is 9.40. The van der Waals surface area contributed by atoms with Crippen molar-refractivity contribution in [2.24, 2.45) is 5.73 Å². The van der Waals surface area contributed by atoms with Crippen molar-refractivity contribution >= 4 is 76.3 Å². The van der Waals surface area contributed by atoms with E-state index in [1.807, 2.05) is 13.8 Å². The summed E-state index contributed by atoms with van der Waals surface area (Å²) in [6.45, 7) is 5.66. The highest BCUT2D eigenvalue weighted by Crippen LogP contribution is 2.70. The number of carbonyl (C=O) groups excluding carboxylic acids is 5. The number of anilines is 1. The van der Waals surface area contributed by atoms with E-state index in [0.717, 1.165) is 56.6 Å². The van der Waals surface area contributed by atoms with Crippen molar-refractivity contribution in [2.45, 2.75) is 30.4 Å². The van der Waals surface area contributed by atoms with Gasteiger partial charge in [0, 0.05) is 16.0 Å². The van der Waals surface area contributed by atoms with Gasteiger partial charge < -0.3 is 34.7 Å². The lowest BCUT2D eigenvalue weighted by Crippen LogP contribution is -2.44. The largest absolute Gasteiger partial charge is 0.494 e. The Morgan fingerprint density at radius 3 is 1.83 bits per heavy atom. The molecule has 0 bridgehead atoms.